The molecule has 1 aliphatic carbocycles. The smallest absolute Gasteiger partial charge is 0.146 e. The van der Waals surface area contributed by atoms with Gasteiger partial charge in [0.25, 0.3) is 0 Å². The van der Waals surface area contributed by atoms with E-state index in [1.165, 1.54) is 30.4 Å². The highest BCUT2D eigenvalue weighted by atomic mass is 16.5. The fourth-order valence-electron chi connectivity index (χ4n) is 2.85. The Morgan fingerprint density at radius 3 is 3.10 bits per heavy atom. The van der Waals surface area contributed by atoms with Gasteiger partial charge in [0.15, 0.2) is 0 Å². The number of ether oxygens (including phenoxy) is 1. The van der Waals surface area contributed by atoms with Crippen LogP contribution in [0.3, 0.4) is 0 Å². The van der Waals surface area contributed by atoms with Gasteiger partial charge in [-0.15, -0.1) is 0 Å². The summed E-state index contributed by atoms with van der Waals surface area (Å²) in [5.41, 5.74) is 2.83. The number of imidazole rings is 1. The van der Waals surface area contributed by atoms with Gasteiger partial charge in [0.1, 0.15) is 18.2 Å². The second kappa shape index (κ2) is 5.67. The monoisotopic (exact) mass is 271 g/mol. The molecule has 1 unspecified atom stereocenters. The molecule has 4 heteroatoms. The number of hydrogen-bond donors (Lipinski definition) is 1. The summed E-state index contributed by atoms with van der Waals surface area (Å²) in [5.74, 6) is 1.86. The molecule has 0 fully saturated rings. The highest BCUT2D eigenvalue weighted by Crippen LogP contribution is 2.32. The van der Waals surface area contributed by atoms with E-state index in [4.69, 9.17) is 4.74 Å². The molecular formula is C16H21N3O. The first-order valence-corrected chi connectivity index (χ1v) is 7.17. The highest BCUT2D eigenvalue weighted by molar-refractivity contribution is 5.39. The molecule has 0 saturated heterocycles. The molecule has 20 heavy (non-hydrogen) atoms. The molecule has 1 heterocycles. The van der Waals surface area contributed by atoms with Crippen molar-refractivity contribution in [2.24, 2.45) is 7.05 Å². The lowest BCUT2D eigenvalue weighted by Gasteiger charge is -2.25. The molecule has 0 spiro atoms. The summed E-state index contributed by atoms with van der Waals surface area (Å²) >= 11 is 0. The molecule has 1 aliphatic rings. The molecule has 0 amide bonds. The first-order chi connectivity index (χ1) is 9.78. The molecule has 0 bridgehead atoms. The van der Waals surface area contributed by atoms with E-state index >= 15 is 0 Å². The van der Waals surface area contributed by atoms with E-state index in [1.54, 1.807) is 6.20 Å². The largest absolute Gasteiger partial charge is 0.486 e. The van der Waals surface area contributed by atoms with Crippen molar-refractivity contribution in [2.75, 3.05) is 7.05 Å². The van der Waals surface area contributed by atoms with E-state index in [-0.39, 0.29) is 0 Å². The molecule has 0 saturated carbocycles. The maximum absolute atomic E-state index is 5.88. The third kappa shape index (κ3) is 2.56. The molecule has 1 aromatic heterocycles. The average molecular weight is 271 g/mol. The van der Waals surface area contributed by atoms with E-state index in [1.807, 2.05) is 24.9 Å². The van der Waals surface area contributed by atoms with Gasteiger partial charge in [-0.05, 0) is 49.6 Å². The number of hydrogen-bond acceptors (Lipinski definition) is 3. The Morgan fingerprint density at radius 2 is 2.35 bits per heavy atom. The summed E-state index contributed by atoms with van der Waals surface area (Å²) < 4.78 is 7.86. The van der Waals surface area contributed by atoms with Gasteiger partial charge in [-0.1, -0.05) is 6.07 Å². The quantitative estimate of drug-likeness (QED) is 0.929. The normalized spacial score (nSPS) is 17.8. The predicted octanol–water partition coefficient (Wildman–Crippen LogP) is 2.60. The third-order valence-electron chi connectivity index (χ3n) is 4.07. The van der Waals surface area contributed by atoms with Gasteiger partial charge in [-0.3, -0.25) is 0 Å². The van der Waals surface area contributed by atoms with Crippen molar-refractivity contribution in [1.29, 1.82) is 0 Å². The summed E-state index contributed by atoms with van der Waals surface area (Å²) in [4.78, 5) is 4.28. The zero-order valence-electron chi connectivity index (χ0n) is 12.1. The molecule has 1 N–H and O–H groups in total. The number of rotatable bonds is 4. The summed E-state index contributed by atoms with van der Waals surface area (Å²) in [6.45, 7) is 0.506. The zero-order chi connectivity index (χ0) is 13.9. The highest BCUT2D eigenvalue weighted by Gasteiger charge is 2.19. The van der Waals surface area contributed by atoms with E-state index in [0.29, 0.717) is 12.6 Å². The molecule has 0 aliphatic heterocycles. The topological polar surface area (TPSA) is 39.1 Å². The van der Waals surface area contributed by atoms with Gasteiger partial charge in [-0.2, -0.15) is 0 Å². The van der Waals surface area contributed by atoms with Crippen molar-refractivity contribution in [1.82, 2.24) is 14.9 Å². The van der Waals surface area contributed by atoms with Gasteiger partial charge in [0.2, 0.25) is 0 Å². The van der Waals surface area contributed by atoms with Crippen molar-refractivity contribution in [3.8, 4) is 5.75 Å². The number of nitrogens with zero attached hydrogens (tertiary/aromatic N) is 2. The van der Waals surface area contributed by atoms with Gasteiger partial charge in [0, 0.05) is 25.5 Å². The van der Waals surface area contributed by atoms with Crippen LogP contribution < -0.4 is 10.1 Å². The summed E-state index contributed by atoms with van der Waals surface area (Å²) in [6, 6.07) is 6.90. The number of aryl methyl sites for hydroxylation is 2. The minimum Gasteiger partial charge on any atom is -0.486 e. The van der Waals surface area contributed by atoms with Crippen LogP contribution in [-0.2, 0) is 20.1 Å². The van der Waals surface area contributed by atoms with Crippen LogP contribution in [0.5, 0.6) is 5.75 Å². The SMILES string of the molecule is CNC1CCCc2ccc(OCc3nccn3C)cc21. The Labute approximate surface area is 119 Å². The van der Waals surface area contributed by atoms with Crippen LogP contribution in [0.2, 0.25) is 0 Å². The summed E-state index contributed by atoms with van der Waals surface area (Å²) in [7, 11) is 4.01. The first-order valence-electron chi connectivity index (χ1n) is 7.17. The third-order valence-corrected chi connectivity index (χ3v) is 4.07. The number of fused-ring (bicyclic) bond motifs is 1. The van der Waals surface area contributed by atoms with Crippen LogP contribution in [-0.4, -0.2) is 16.6 Å². The Balaban J connectivity index is 1.76. The van der Waals surface area contributed by atoms with Gasteiger partial charge >= 0.3 is 0 Å². The Kier molecular flexibility index (Phi) is 3.74. The molecule has 2 aromatic rings. The maximum Gasteiger partial charge on any atom is 0.146 e. The van der Waals surface area contributed by atoms with Crippen LogP contribution in [0, 0.1) is 0 Å². The number of benzene rings is 1. The zero-order valence-corrected chi connectivity index (χ0v) is 12.1. The minimum atomic E-state index is 0.454. The van der Waals surface area contributed by atoms with Gasteiger partial charge in [-0.25, -0.2) is 4.98 Å². The number of aromatic nitrogens is 2. The Bertz CT molecular complexity index is 591. The lowest BCUT2D eigenvalue weighted by Crippen LogP contribution is -2.21. The van der Waals surface area contributed by atoms with Crippen molar-refractivity contribution < 1.29 is 4.74 Å². The number of nitrogens with one attached hydrogen (secondary N) is 1. The molecule has 4 nitrogen and oxygen atoms in total. The fraction of sp³-hybridized carbons (Fsp3) is 0.438. The molecule has 3 rings (SSSR count). The predicted molar refractivity (Wildman–Crippen MR) is 78.7 cm³/mol. The van der Waals surface area contributed by atoms with Crippen molar-refractivity contribution in [3.05, 3.63) is 47.5 Å². The molecular weight excluding hydrogens is 250 g/mol. The van der Waals surface area contributed by atoms with Gasteiger partial charge < -0.3 is 14.6 Å². The van der Waals surface area contributed by atoms with Crippen LogP contribution in [0.1, 0.15) is 35.8 Å². The maximum atomic E-state index is 5.88. The van der Waals surface area contributed by atoms with E-state index in [0.717, 1.165) is 11.6 Å². The Hall–Kier alpha value is -1.81. The average Bonchev–Trinajstić information content (AvgIpc) is 2.89. The second-order valence-electron chi connectivity index (χ2n) is 5.34. The second-order valence-corrected chi connectivity index (χ2v) is 5.34. The van der Waals surface area contributed by atoms with Crippen molar-refractivity contribution >= 4 is 0 Å². The standard InChI is InChI=1S/C16H21N3O/c1-17-15-5-3-4-12-6-7-13(10-14(12)15)20-11-16-18-8-9-19(16)2/h6-10,15,17H,3-5,11H2,1-2H3. The lowest BCUT2D eigenvalue weighted by molar-refractivity contribution is 0.291. The van der Waals surface area contributed by atoms with Crippen LogP contribution in [0.4, 0.5) is 0 Å². The minimum absolute atomic E-state index is 0.454. The Morgan fingerprint density at radius 1 is 1.45 bits per heavy atom. The first kappa shape index (κ1) is 13.2. The lowest BCUT2D eigenvalue weighted by atomic mass is 9.87. The van der Waals surface area contributed by atoms with E-state index in [9.17, 15) is 0 Å². The molecule has 106 valence electrons. The molecule has 1 atom stereocenters. The fourth-order valence-corrected chi connectivity index (χ4v) is 2.85. The summed E-state index contributed by atoms with van der Waals surface area (Å²) in [6.07, 6.45) is 7.36. The molecule has 1 aromatic carbocycles. The van der Waals surface area contributed by atoms with Gasteiger partial charge in [0.05, 0.1) is 0 Å². The summed E-state index contributed by atoms with van der Waals surface area (Å²) in [5, 5.41) is 3.39. The van der Waals surface area contributed by atoms with Crippen LogP contribution in [0.25, 0.3) is 0 Å². The van der Waals surface area contributed by atoms with Crippen LogP contribution >= 0.6 is 0 Å². The van der Waals surface area contributed by atoms with Crippen LogP contribution in [0.15, 0.2) is 30.6 Å². The van der Waals surface area contributed by atoms with Crippen molar-refractivity contribution in [2.45, 2.75) is 31.9 Å². The van der Waals surface area contributed by atoms with E-state index < -0.39 is 0 Å². The molecule has 0 radical (unpaired) electrons. The van der Waals surface area contributed by atoms with Crippen molar-refractivity contribution in [3.63, 3.8) is 0 Å². The van der Waals surface area contributed by atoms with E-state index in [2.05, 4.69) is 28.5 Å².